The Morgan fingerprint density at radius 3 is 2.07 bits per heavy atom. The molecule has 0 spiro atoms. The number of aromatic nitrogens is 3. The van der Waals surface area contributed by atoms with E-state index < -0.39 is 0 Å². The zero-order chi connectivity index (χ0) is 20.0. The second-order valence-electron chi connectivity index (χ2n) is 7.84. The molecule has 3 nitrogen and oxygen atoms in total. The van der Waals surface area contributed by atoms with E-state index in [1.165, 1.54) is 50.8 Å². The molecular formula is C25H28N3+. The van der Waals surface area contributed by atoms with Gasteiger partial charge >= 0.3 is 5.82 Å². The minimum atomic E-state index is 1.17. The molecule has 0 bridgehead atoms. The van der Waals surface area contributed by atoms with Crippen LogP contribution in [-0.4, -0.2) is 9.13 Å². The van der Waals surface area contributed by atoms with Gasteiger partial charge < -0.3 is 4.57 Å². The number of hydrogen-bond donors (Lipinski definition) is 0. The molecule has 2 aromatic heterocycles. The van der Waals surface area contributed by atoms with Gasteiger partial charge in [0.1, 0.15) is 23.8 Å². The predicted octanol–water partition coefficient (Wildman–Crippen LogP) is 5.30. The Morgan fingerprint density at radius 2 is 1.43 bits per heavy atom. The summed E-state index contributed by atoms with van der Waals surface area (Å²) < 4.78 is 6.91. The highest BCUT2D eigenvalue weighted by molar-refractivity contribution is 5.65. The summed E-state index contributed by atoms with van der Waals surface area (Å²) in [7, 11) is 2.12. The molecule has 4 rings (SSSR count). The summed E-state index contributed by atoms with van der Waals surface area (Å²) in [5, 5.41) is 0. The van der Waals surface area contributed by atoms with Crippen molar-refractivity contribution in [3.8, 4) is 22.9 Å². The molecule has 0 amide bonds. The molecule has 0 atom stereocenters. The summed E-state index contributed by atoms with van der Waals surface area (Å²) in [6.45, 7) is 11.0. The van der Waals surface area contributed by atoms with E-state index in [1.807, 2.05) is 0 Å². The standard InChI is InChI=1S/C25H28N3/c1-17-14-18(2)23(19(3)15-17)28-21(5)16-20(4)24(28)25-26(6)12-13-27(25)22-10-8-7-9-11-22/h7-16H,1-6H3/q+1. The van der Waals surface area contributed by atoms with Crippen LogP contribution < -0.4 is 4.57 Å². The van der Waals surface area contributed by atoms with Gasteiger partial charge in [-0.15, -0.1) is 0 Å². The average molecular weight is 371 g/mol. The van der Waals surface area contributed by atoms with Crippen LogP contribution in [0.15, 0.2) is 60.9 Å². The van der Waals surface area contributed by atoms with Crippen molar-refractivity contribution in [3.63, 3.8) is 0 Å². The number of hydrogen-bond acceptors (Lipinski definition) is 0. The molecule has 2 heterocycles. The molecule has 4 aromatic rings. The molecular weight excluding hydrogens is 342 g/mol. The summed E-state index contributed by atoms with van der Waals surface area (Å²) in [6.07, 6.45) is 4.27. The average Bonchev–Trinajstić information content (AvgIpc) is 3.14. The Hall–Kier alpha value is -3.07. The first-order valence-corrected chi connectivity index (χ1v) is 9.78. The van der Waals surface area contributed by atoms with Crippen LogP contribution in [0.5, 0.6) is 0 Å². The van der Waals surface area contributed by atoms with Crippen LogP contribution in [-0.2, 0) is 7.05 Å². The fourth-order valence-corrected chi connectivity index (χ4v) is 4.44. The number of rotatable bonds is 3. The van der Waals surface area contributed by atoms with Crippen LogP contribution in [0.3, 0.4) is 0 Å². The highest BCUT2D eigenvalue weighted by Crippen LogP contribution is 2.33. The van der Waals surface area contributed by atoms with E-state index in [0.29, 0.717) is 0 Å². The highest BCUT2D eigenvalue weighted by atomic mass is 15.2. The van der Waals surface area contributed by atoms with Gasteiger partial charge in [0, 0.05) is 5.69 Å². The lowest BCUT2D eigenvalue weighted by Gasteiger charge is -2.17. The number of imidazole rings is 1. The van der Waals surface area contributed by atoms with E-state index in [2.05, 4.69) is 116 Å². The van der Waals surface area contributed by atoms with Gasteiger partial charge in [-0.3, -0.25) is 0 Å². The van der Waals surface area contributed by atoms with Crippen LogP contribution in [0, 0.1) is 34.6 Å². The fourth-order valence-electron chi connectivity index (χ4n) is 4.44. The van der Waals surface area contributed by atoms with Gasteiger partial charge in [0.15, 0.2) is 0 Å². The summed E-state index contributed by atoms with van der Waals surface area (Å²) in [4.78, 5) is 0. The first-order valence-electron chi connectivity index (χ1n) is 9.78. The van der Waals surface area contributed by atoms with Gasteiger partial charge in [-0.05, 0) is 69.5 Å². The second kappa shape index (κ2) is 6.83. The normalized spacial score (nSPS) is 11.2. The molecule has 0 unspecified atom stereocenters. The van der Waals surface area contributed by atoms with Crippen molar-refractivity contribution < 1.29 is 4.57 Å². The lowest BCUT2D eigenvalue weighted by Crippen LogP contribution is -2.30. The molecule has 28 heavy (non-hydrogen) atoms. The van der Waals surface area contributed by atoms with E-state index >= 15 is 0 Å². The molecule has 2 aromatic carbocycles. The van der Waals surface area contributed by atoms with Crippen molar-refractivity contribution in [1.82, 2.24) is 9.13 Å². The maximum atomic E-state index is 2.42. The van der Waals surface area contributed by atoms with E-state index in [1.54, 1.807) is 0 Å². The molecule has 0 N–H and O–H groups in total. The van der Waals surface area contributed by atoms with E-state index in [9.17, 15) is 0 Å². The SMILES string of the molecule is Cc1cc(C)c(-n2c(C)cc(C)c2-c2n(-c3ccccc3)cc[n+]2C)c(C)c1. The number of aryl methyl sites for hydroxylation is 6. The summed E-state index contributed by atoms with van der Waals surface area (Å²) in [5.41, 5.74) is 10.1. The molecule has 0 saturated carbocycles. The summed E-state index contributed by atoms with van der Waals surface area (Å²) in [6, 6.07) is 17.4. The van der Waals surface area contributed by atoms with E-state index in [-0.39, 0.29) is 0 Å². The third-order valence-corrected chi connectivity index (χ3v) is 5.48. The Balaban J connectivity index is 2.05. The molecule has 142 valence electrons. The maximum Gasteiger partial charge on any atom is 0.311 e. The molecule has 0 saturated heterocycles. The maximum absolute atomic E-state index is 2.42. The van der Waals surface area contributed by atoms with Crippen molar-refractivity contribution >= 4 is 0 Å². The van der Waals surface area contributed by atoms with Crippen LogP contribution in [0.2, 0.25) is 0 Å². The van der Waals surface area contributed by atoms with Crippen LogP contribution in [0.25, 0.3) is 22.9 Å². The van der Waals surface area contributed by atoms with Crippen LogP contribution >= 0.6 is 0 Å². The minimum Gasteiger partial charge on any atom is -0.307 e. The van der Waals surface area contributed by atoms with Crippen molar-refractivity contribution in [3.05, 3.63) is 88.9 Å². The lowest BCUT2D eigenvalue weighted by molar-refractivity contribution is -0.659. The largest absolute Gasteiger partial charge is 0.311 e. The van der Waals surface area contributed by atoms with Crippen LogP contribution in [0.4, 0.5) is 0 Å². The summed E-state index contributed by atoms with van der Waals surface area (Å²) >= 11 is 0. The van der Waals surface area contributed by atoms with E-state index in [4.69, 9.17) is 0 Å². The van der Waals surface area contributed by atoms with Crippen LogP contribution in [0.1, 0.15) is 27.9 Å². The van der Waals surface area contributed by atoms with Gasteiger partial charge in [-0.1, -0.05) is 35.9 Å². The smallest absolute Gasteiger partial charge is 0.307 e. The Bertz CT molecular complexity index is 1140. The predicted molar refractivity (Wildman–Crippen MR) is 115 cm³/mol. The number of para-hydroxylation sites is 1. The van der Waals surface area contributed by atoms with Gasteiger partial charge in [-0.25, -0.2) is 4.57 Å². The zero-order valence-electron chi connectivity index (χ0n) is 17.6. The Kier molecular flexibility index (Phi) is 4.46. The first kappa shape index (κ1) is 18.3. The van der Waals surface area contributed by atoms with Crippen molar-refractivity contribution in [2.75, 3.05) is 0 Å². The highest BCUT2D eigenvalue weighted by Gasteiger charge is 2.27. The van der Waals surface area contributed by atoms with Crippen molar-refractivity contribution in [2.45, 2.75) is 34.6 Å². The Morgan fingerprint density at radius 1 is 0.786 bits per heavy atom. The first-order chi connectivity index (χ1) is 13.4. The van der Waals surface area contributed by atoms with Gasteiger partial charge in [0.25, 0.3) is 0 Å². The molecule has 0 aliphatic rings. The third-order valence-electron chi connectivity index (χ3n) is 5.48. The van der Waals surface area contributed by atoms with Gasteiger partial charge in [-0.2, -0.15) is 4.57 Å². The minimum absolute atomic E-state index is 1.17. The fraction of sp³-hybridized carbons (Fsp3) is 0.240. The van der Waals surface area contributed by atoms with Crippen molar-refractivity contribution in [2.24, 2.45) is 7.05 Å². The lowest BCUT2D eigenvalue weighted by atomic mass is 10.0. The summed E-state index contributed by atoms with van der Waals surface area (Å²) in [5.74, 6) is 1.18. The number of nitrogens with zero attached hydrogens (tertiary/aromatic N) is 3. The molecule has 0 aliphatic carbocycles. The molecule has 0 aliphatic heterocycles. The van der Waals surface area contributed by atoms with Crippen molar-refractivity contribution in [1.29, 1.82) is 0 Å². The number of benzene rings is 2. The quantitative estimate of drug-likeness (QED) is 0.434. The monoisotopic (exact) mass is 370 g/mol. The second-order valence-corrected chi connectivity index (χ2v) is 7.84. The Labute approximate surface area is 167 Å². The third kappa shape index (κ3) is 2.88. The van der Waals surface area contributed by atoms with E-state index in [0.717, 1.165) is 0 Å². The molecule has 3 heteroatoms. The molecule has 0 fully saturated rings. The zero-order valence-corrected chi connectivity index (χ0v) is 17.6. The molecule has 0 radical (unpaired) electrons. The van der Waals surface area contributed by atoms with Gasteiger partial charge in [0.05, 0.1) is 12.7 Å². The topological polar surface area (TPSA) is 13.7 Å². The van der Waals surface area contributed by atoms with Gasteiger partial charge in [0.2, 0.25) is 0 Å².